The third-order valence-corrected chi connectivity index (χ3v) is 6.00. The summed E-state index contributed by atoms with van der Waals surface area (Å²) in [4.78, 5) is 35.3. The molecular formula is C22H31ClN4O3. The fourth-order valence-electron chi connectivity index (χ4n) is 4.38. The van der Waals surface area contributed by atoms with Crippen molar-refractivity contribution < 1.29 is 14.0 Å². The summed E-state index contributed by atoms with van der Waals surface area (Å²) in [7, 11) is 0. The maximum absolute atomic E-state index is 12.2. The minimum Gasteiger partial charge on any atom is -0.464 e. The number of piperazine rings is 1. The van der Waals surface area contributed by atoms with Gasteiger partial charge in [0.2, 0.25) is 11.8 Å². The molecule has 4 rings (SSSR count). The molecule has 0 saturated carbocycles. The number of nitrogens with zero attached hydrogens (tertiary/aromatic N) is 4. The van der Waals surface area contributed by atoms with Gasteiger partial charge in [-0.1, -0.05) is 13.8 Å². The molecular weight excluding hydrogens is 404 g/mol. The lowest BCUT2D eigenvalue weighted by atomic mass is 9.82. The lowest BCUT2D eigenvalue weighted by Gasteiger charge is -2.36. The van der Waals surface area contributed by atoms with E-state index in [9.17, 15) is 9.59 Å². The van der Waals surface area contributed by atoms with Crippen LogP contribution in [0.25, 0.3) is 11.0 Å². The Morgan fingerprint density at radius 1 is 1.00 bits per heavy atom. The average molecular weight is 435 g/mol. The van der Waals surface area contributed by atoms with Crippen LogP contribution in [-0.2, 0) is 9.59 Å². The average Bonchev–Trinajstić information content (AvgIpc) is 3.15. The Morgan fingerprint density at radius 2 is 1.67 bits per heavy atom. The van der Waals surface area contributed by atoms with Crippen LogP contribution in [0.4, 0.5) is 5.82 Å². The highest BCUT2D eigenvalue weighted by atomic mass is 35.5. The van der Waals surface area contributed by atoms with Crippen molar-refractivity contribution in [1.82, 2.24) is 14.8 Å². The quantitative estimate of drug-likeness (QED) is 0.513. The second kappa shape index (κ2) is 9.35. The number of rotatable bonds is 6. The number of furan rings is 1. The van der Waals surface area contributed by atoms with Gasteiger partial charge in [0, 0.05) is 51.8 Å². The molecule has 2 aliphatic rings. The number of hydrogen-bond acceptors (Lipinski definition) is 6. The van der Waals surface area contributed by atoms with Crippen LogP contribution in [-0.4, -0.2) is 65.9 Å². The van der Waals surface area contributed by atoms with Crippen molar-refractivity contribution in [1.29, 1.82) is 0 Å². The predicted octanol–water partition coefficient (Wildman–Crippen LogP) is 3.33. The Bertz CT molecular complexity index is 869. The molecule has 2 amide bonds. The van der Waals surface area contributed by atoms with Crippen LogP contribution in [0, 0.1) is 5.41 Å². The molecule has 8 heteroatoms. The molecule has 2 aliphatic heterocycles. The molecule has 0 aromatic carbocycles. The van der Waals surface area contributed by atoms with Crippen LogP contribution < -0.4 is 4.90 Å². The van der Waals surface area contributed by atoms with Gasteiger partial charge < -0.3 is 9.32 Å². The highest BCUT2D eigenvalue weighted by molar-refractivity contribution is 5.98. The molecule has 2 saturated heterocycles. The predicted molar refractivity (Wildman–Crippen MR) is 119 cm³/mol. The zero-order valence-electron chi connectivity index (χ0n) is 17.8. The summed E-state index contributed by atoms with van der Waals surface area (Å²) in [6.45, 7) is 9.39. The first-order chi connectivity index (χ1) is 13.9. The zero-order chi connectivity index (χ0) is 20.4. The van der Waals surface area contributed by atoms with E-state index in [4.69, 9.17) is 4.42 Å². The summed E-state index contributed by atoms with van der Waals surface area (Å²) in [5.74, 6) is 0.975. The number of likely N-dealkylation sites (tertiary alicyclic amines) is 1. The fraction of sp³-hybridized carbons (Fsp3) is 0.591. The molecule has 0 radical (unpaired) electrons. The number of hydrogen-bond donors (Lipinski definition) is 0. The molecule has 7 nitrogen and oxygen atoms in total. The highest BCUT2D eigenvalue weighted by Crippen LogP contribution is 2.31. The number of carbonyl (C=O) groups excluding carboxylic acids is 2. The number of amides is 2. The largest absolute Gasteiger partial charge is 0.464 e. The maximum atomic E-state index is 12.2. The lowest BCUT2D eigenvalue weighted by molar-refractivity contribution is -0.152. The summed E-state index contributed by atoms with van der Waals surface area (Å²) in [5.41, 5.74) is 0.683. The van der Waals surface area contributed by atoms with Gasteiger partial charge in [-0.25, -0.2) is 4.98 Å². The van der Waals surface area contributed by atoms with Crippen LogP contribution in [0.1, 0.15) is 39.5 Å². The molecule has 0 atom stereocenters. The van der Waals surface area contributed by atoms with E-state index < -0.39 is 0 Å². The van der Waals surface area contributed by atoms with E-state index in [-0.39, 0.29) is 29.6 Å². The van der Waals surface area contributed by atoms with Crippen LogP contribution in [0.2, 0.25) is 0 Å². The van der Waals surface area contributed by atoms with Gasteiger partial charge in [0.25, 0.3) is 0 Å². The van der Waals surface area contributed by atoms with Gasteiger partial charge in [0.1, 0.15) is 11.4 Å². The summed E-state index contributed by atoms with van der Waals surface area (Å²) >= 11 is 0. The van der Waals surface area contributed by atoms with E-state index in [1.807, 2.05) is 26.0 Å². The van der Waals surface area contributed by atoms with Gasteiger partial charge in [-0.3, -0.25) is 19.4 Å². The number of anilines is 1. The van der Waals surface area contributed by atoms with Gasteiger partial charge >= 0.3 is 0 Å². The fourth-order valence-corrected chi connectivity index (χ4v) is 4.38. The minimum atomic E-state index is -0.194. The van der Waals surface area contributed by atoms with Crippen molar-refractivity contribution in [2.45, 2.75) is 39.5 Å². The lowest BCUT2D eigenvalue weighted by Crippen LogP contribution is -2.47. The van der Waals surface area contributed by atoms with E-state index >= 15 is 0 Å². The van der Waals surface area contributed by atoms with Crippen molar-refractivity contribution in [3.63, 3.8) is 0 Å². The number of carbonyl (C=O) groups is 2. The SMILES string of the molecule is CC1(C)CC(=O)N(CCCCN2CCN(c3nccc4occc34)CC2)C(=O)C1.Cl. The van der Waals surface area contributed by atoms with Crippen LogP contribution >= 0.6 is 12.4 Å². The van der Waals surface area contributed by atoms with Gasteiger partial charge in [0.05, 0.1) is 11.6 Å². The minimum absolute atomic E-state index is 0. The zero-order valence-corrected chi connectivity index (χ0v) is 18.6. The molecule has 30 heavy (non-hydrogen) atoms. The number of piperidine rings is 1. The monoisotopic (exact) mass is 434 g/mol. The van der Waals surface area contributed by atoms with E-state index in [1.54, 1.807) is 12.5 Å². The van der Waals surface area contributed by atoms with Crippen molar-refractivity contribution >= 4 is 41.0 Å². The van der Waals surface area contributed by atoms with Gasteiger partial charge in [-0.2, -0.15) is 0 Å². The Morgan fingerprint density at radius 3 is 2.37 bits per heavy atom. The molecule has 0 unspecified atom stereocenters. The summed E-state index contributed by atoms with van der Waals surface area (Å²) in [6.07, 6.45) is 6.32. The maximum Gasteiger partial charge on any atom is 0.229 e. The van der Waals surface area contributed by atoms with Crippen LogP contribution in [0.15, 0.2) is 29.0 Å². The van der Waals surface area contributed by atoms with Crippen molar-refractivity contribution in [3.05, 3.63) is 24.6 Å². The summed E-state index contributed by atoms with van der Waals surface area (Å²) in [5, 5.41) is 1.07. The first-order valence-corrected chi connectivity index (χ1v) is 10.6. The number of halogens is 1. The number of imide groups is 1. The molecule has 164 valence electrons. The van der Waals surface area contributed by atoms with E-state index in [2.05, 4.69) is 14.8 Å². The van der Waals surface area contributed by atoms with Crippen LogP contribution in [0.3, 0.4) is 0 Å². The molecule has 0 bridgehead atoms. The Hall–Kier alpha value is -2.12. The van der Waals surface area contributed by atoms with Gasteiger partial charge in [0.15, 0.2) is 0 Å². The summed E-state index contributed by atoms with van der Waals surface area (Å²) in [6, 6.07) is 3.88. The normalized spacial score (nSPS) is 19.9. The first kappa shape index (κ1) is 22.6. The molecule has 0 spiro atoms. The van der Waals surface area contributed by atoms with Gasteiger partial charge in [-0.05, 0) is 36.9 Å². The number of fused-ring (bicyclic) bond motifs is 1. The van der Waals surface area contributed by atoms with Crippen molar-refractivity contribution in [3.8, 4) is 0 Å². The molecule has 0 N–H and O–H groups in total. The first-order valence-electron chi connectivity index (χ1n) is 10.6. The number of pyridine rings is 1. The standard InChI is InChI=1S/C22H30N4O3.ClH/c1-22(2)15-19(27)26(20(28)16-22)9-4-3-8-24-10-12-25(13-11-24)21-17-6-14-29-18(17)5-7-23-21;/h5-7,14H,3-4,8-13,15-16H2,1-2H3;1H. The second-order valence-corrected chi connectivity index (χ2v) is 8.96. The van der Waals surface area contributed by atoms with E-state index in [1.165, 1.54) is 4.90 Å². The van der Waals surface area contributed by atoms with Crippen molar-refractivity contribution in [2.75, 3.05) is 44.2 Å². The Labute approximate surface area is 183 Å². The summed E-state index contributed by atoms with van der Waals surface area (Å²) < 4.78 is 5.48. The van der Waals surface area contributed by atoms with E-state index in [0.717, 1.165) is 62.4 Å². The van der Waals surface area contributed by atoms with Gasteiger partial charge in [-0.15, -0.1) is 12.4 Å². The Balaban J connectivity index is 0.00000256. The molecule has 0 aliphatic carbocycles. The number of unbranched alkanes of at least 4 members (excludes halogenated alkanes) is 1. The molecule has 2 fully saturated rings. The Kier molecular flexibility index (Phi) is 7.03. The van der Waals surface area contributed by atoms with Crippen LogP contribution in [0.5, 0.6) is 0 Å². The van der Waals surface area contributed by atoms with Crippen molar-refractivity contribution in [2.24, 2.45) is 5.41 Å². The molecule has 2 aromatic rings. The smallest absolute Gasteiger partial charge is 0.229 e. The molecule has 4 heterocycles. The third kappa shape index (κ3) is 4.95. The highest BCUT2D eigenvalue weighted by Gasteiger charge is 2.36. The van der Waals surface area contributed by atoms with E-state index in [0.29, 0.717) is 19.4 Å². The number of aromatic nitrogens is 1. The third-order valence-electron chi connectivity index (χ3n) is 6.00. The topological polar surface area (TPSA) is 69.9 Å². The second-order valence-electron chi connectivity index (χ2n) is 8.96. The molecule has 2 aromatic heterocycles.